The second kappa shape index (κ2) is 11.5. The molecule has 0 radical (unpaired) electrons. The van der Waals surface area contributed by atoms with Crippen LogP contribution in [0.3, 0.4) is 0 Å². The molecule has 1 atom stereocenters. The number of ether oxygens (including phenoxy) is 1. The van der Waals surface area contributed by atoms with Crippen LogP contribution in [0.2, 0.25) is 5.02 Å². The zero-order valence-electron chi connectivity index (χ0n) is 20.3. The molecule has 1 aliphatic heterocycles. The van der Waals surface area contributed by atoms with E-state index in [1.54, 1.807) is 47.4 Å². The van der Waals surface area contributed by atoms with Gasteiger partial charge < -0.3 is 19.6 Å². The number of carbonyl (C=O) groups is 2. The number of carbonyl (C=O) groups excluding carboxylic acids is 2. The third-order valence-electron chi connectivity index (χ3n) is 5.93. The van der Waals surface area contributed by atoms with Crippen LogP contribution < -0.4 is 4.74 Å². The van der Waals surface area contributed by atoms with Gasteiger partial charge in [-0.05, 0) is 81.9 Å². The molecule has 34 heavy (non-hydrogen) atoms. The van der Waals surface area contributed by atoms with E-state index in [0.29, 0.717) is 30.2 Å². The highest BCUT2D eigenvalue weighted by molar-refractivity contribution is 6.46. The fourth-order valence-corrected chi connectivity index (χ4v) is 4.23. The number of likely N-dealkylation sites (tertiary alicyclic amines) is 1. The molecule has 1 fully saturated rings. The van der Waals surface area contributed by atoms with Crippen LogP contribution in [0, 0.1) is 6.92 Å². The summed E-state index contributed by atoms with van der Waals surface area (Å²) in [6, 6.07) is 11.7. The fourth-order valence-electron chi connectivity index (χ4n) is 4.10. The minimum Gasteiger partial charge on any atom is -0.507 e. The highest BCUT2D eigenvalue weighted by Gasteiger charge is 2.45. The Labute approximate surface area is 206 Å². The van der Waals surface area contributed by atoms with Crippen molar-refractivity contribution in [3.05, 3.63) is 69.8 Å². The zero-order chi connectivity index (χ0) is 24.8. The van der Waals surface area contributed by atoms with Gasteiger partial charge in [0.15, 0.2) is 0 Å². The Kier molecular flexibility index (Phi) is 8.75. The molecule has 1 N–H and O–H groups in total. The lowest BCUT2D eigenvalue weighted by molar-refractivity contribution is -0.139. The molecule has 6 nitrogen and oxygen atoms in total. The van der Waals surface area contributed by atoms with E-state index in [0.717, 1.165) is 36.3 Å². The van der Waals surface area contributed by atoms with E-state index >= 15 is 0 Å². The lowest BCUT2D eigenvalue weighted by Crippen LogP contribution is -2.32. The van der Waals surface area contributed by atoms with Crippen LogP contribution in [-0.4, -0.2) is 60.4 Å². The Morgan fingerprint density at radius 2 is 1.82 bits per heavy atom. The first kappa shape index (κ1) is 25.8. The summed E-state index contributed by atoms with van der Waals surface area (Å²) in [5.41, 5.74) is 2.15. The maximum absolute atomic E-state index is 13.1. The maximum Gasteiger partial charge on any atom is 0.295 e. The predicted molar refractivity (Wildman–Crippen MR) is 135 cm³/mol. The van der Waals surface area contributed by atoms with Crippen LogP contribution in [0.25, 0.3) is 5.76 Å². The number of amides is 1. The summed E-state index contributed by atoms with van der Waals surface area (Å²) in [7, 11) is 3.92. The van der Waals surface area contributed by atoms with E-state index in [2.05, 4.69) is 6.92 Å². The summed E-state index contributed by atoms with van der Waals surface area (Å²) >= 11 is 6.08. The number of nitrogens with zero attached hydrogens (tertiary/aromatic N) is 2. The third kappa shape index (κ3) is 5.80. The van der Waals surface area contributed by atoms with Crippen molar-refractivity contribution in [3.8, 4) is 5.75 Å². The average Bonchev–Trinajstić information content (AvgIpc) is 3.05. The topological polar surface area (TPSA) is 70.1 Å². The van der Waals surface area contributed by atoms with Crippen LogP contribution in [0.15, 0.2) is 48.0 Å². The molecule has 3 rings (SSSR count). The maximum atomic E-state index is 13.1. The van der Waals surface area contributed by atoms with Gasteiger partial charge in [-0.15, -0.1) is 0 Å². The molecule has 182 valence electrons. The van der Waals surface area contributed by atoms with Crippen molar-refractivity contribution in [2.75, 3.05) is 33.8 Å². The van der Waals surface area contributed by atoms with Gasteiger partial charge in [0.25, 0.3) is 11.7 Å². The second-order valence-corrected chi connectivity index (χ2v) is 9.32. The van der Waals surface area contributed by atoms with Crippen LogP contribution >= 0.6 is 11.6 Å². The number of aryl methyl sites for hydroxylation is 1. The zero-order valence-corrected chi connectivity index (χ0v) is 21.1. The molecular formula is C27H33ClN2O4. The van der Waals surface area contributed by atoms with Crippen molar-refractivity contribution in [1.29, 1.82) is 0 Å². The van der Waals surface area contributed by atoms with Crippen molar-refractivity contribution in [1.82, 2.24) is 9.80 Å². The van der Waals surface area contributed by atoms with E-state index in [1.165, 1.54) is 0 Å². The van der Waals surface area contributed by atoms with Gasteiger partial charge in [0.2, 0.25) is 0 Å². The molecule has 2 aromatic rings. The van der Waals surface area contributed by atoms with E-state index in [9.17, 15) is 14.7 Å². The quantitative estimate of drug-likeness (QED) is 0.217. The van der Waals surface area contributed by atoms with E-state index in [4.69, 9.17) is 16.3 Å². The van der Waals surface area contributed by atoms with Gasteiger partial charge >= 0.3 is 0 Å². The molecular weight excluding hydrogens is 452 g/mol. The number of Topliss-reactive ketones (excluding diaryl/α,β-unsaturated/α-hetero) is 1. The molecule has 0 aliphatic carbocycles. The van der Waals surface area contributed by atoms with Gasteiger partial charge in [0.05, 0.1) is 18.2 Å². The van der Waals surface area contributed by atoms with E-state index in [1.807, 2.05) is 25.9 Å². The molecule has 0 unspecified atom stereocenters. The number of unbranched alkanes of at least 4 members (excludes halogenated alkanes) is 1. The summed E-state index contributed by atoms with van der Waals surface area (Å²) in [5.74, 6) is -0.722. The second-order valence-electron chi connectivity index (χ2n) is 8.88. The molecule has 2 aromatic carbocycles. The number of hydrogen-bond acceptors (Lipinski definition) is 5. The molecule has 7 heteroatoms. The molecule has 0 saturated carbocycles. The van der Waals surface area contributed by atoms with Gasteiger partial charge in [-0.1, -0.05) is 37.1 Å². The van der Waals surface area contributed by atoms with Crippen molar-refractivity contribution >= 4 is 29.1 Å². The molecule has 1 saturated heterocycles. The minimum atomic E-state index is -0.680. The van der Waals surface area contributed by atoms with Crippen molar-refractivity contribution in [2.24, 2.45) is 0 Å². The molecule has 0 spiro atoms. The monoisotopic (exact) mass is 484 g/mol. The van der Waals surface area contributed by atoms with E-state index in [-0.39, 0.29) is 11.3 Å². The third-order valence-corrected chi connectivity index (χ3v) is 6.19. The summed E-state index contributed by atoms with van der Waals surface area (Å²) in [6.07, 6.45) is 2.70. The largest absolute Gasteiger partial charge is 0.507 e. The van der Waals surface area contributed by atoms with Crippen LogP contribution in [0.5, 0.6) is 5.75 Å². The van der Waals surface area contributed by atoms with Crippen LogP contribution in [0.4, 0.5) is 0 Å². The Bertz CT molecular complexity index is 1060. The number of ketones is 1. The van der Waals surface area contributed by atoms with Crippen molar-refractivity contribution in [2.45, 2.75) is 39.2 Å². The first-order valence-electron chi connectivity index (χ1n) is 11.7. The molecule has 1 amide bonds. The van der Waals surface area contributed by atoms with Gasteiger partial charge in [-0.25, -0.2) is 0 Å². The van der Waals surface area contributed by atoms with Crippen LogP contribution in [0.1, 0.15) is 48.9 Å². The van der Waals surface area contributed by atoms with E-state index < -0.39 is 17.7 Å². The Balaban J connectivity index is 2.02. The number of aliphatic hydroxyl groups is 1. The predicted octanol–water partition coefficient (Wildman–Crippen LogP) is 5.20. The summed E-state index contributed by atoms with van der Waals surface area (Å²) in [5, 5.41) is 11.8. The number of aliphatic hydroxyl groups excluding tert-OH is 1. The van der Waals surface area contributed by atoms with Crippen molar-refractivity contribution in [3.63, 3.8) is 0 Å². The standard InChI is InChI=1S/C27H33ClN2O4/c1-5-6-16-34-22-13-10-20(17-18(22)2)25(31)23-24(19-8-11-21(28)12-9-19)30(27(33)26(23)32)15-7-14-29(3)4/h8-13,17,24,31H,5-7,14-16H2,1-4H3/t24-/m1/s1. The lowest BCUT2D eigenvalue weighted by atomic mass is 9.94. The fraction of sp³-hybridized carbons (Fsp3) is 0.407. The summed E-state index contributed by atoms with van der Waals surface area (Å²) < 4.78 is 5.81. The minimum absolute atomic E-state index is 0.0937. The summed E-state index contributed by atoms with van der Waals surface area (Å²) in [4.78, 5) is 29.7. The molecule has 1 heterocycles. The molecule has 0 bridgehead atoms. The smallest absolute Gasteiger partial charge is 0.295 e. The van der Waals surface area contributed by atoms with Gasteiger partial charge in [0, 0.05) is 17.1 Å². The normalized spacial score (nSPS) is 17.6. The highest BCUT2D eigenvalue weighted by Crippen LogP contribution is 2.40. The number of halogens is 1. The van der Waals surface area contributed by atoms with Crippen LogP contribution in [-0.2, 0) is 9.59 Å². The molecule has 1 aliphatic rings. The Morgan fingerprint density at radius 3 is 2.44 bits per heavy atom. The number of rotatable bonds is 10. The number of hydrogen-bond donors (Lipinski definition) is 1. The Morgan fingerprint density at radius 1 is 1.12 bits per heavy atom. The first-order chi connectivity index (χ1) is 16.2. The first-order valence-corrected chi connectivity index (χ1v) is 12.0. The van der Waals surface area contributed by atoms with Gasteiger partial charge in [-0.3, -0.25) is 9.59 Å². The average molecular weight is 485 g/mol. The molecule has 0 aromatic heterocycles. The Hall–Kier alpha value is -2.83. The highest BCUT2D eigenvalue weighted by atomic mass is 35.5. The van der Waals surface area contributed by atoms with Gasteiger partial charge in [-0.2, -0.15) is 0 Å². The van der Waals surface area contributed by atoms with Crippen molar-refractivity contribution < 1.29 is 19.4 Å². The lowest BCUT2D eigenvalue weighted by Gasteiger charge is -2.26. The number of benzene rings is 2. The van der Waals surface area contributed by atoms with Gasteiger partial charge in [0.1, 0.15) is 11.5 Å². The SMILES string of the molecule is CCCCOc1ccc(C(O)=C2C(=O)C(=O)N(CCCN(C)C)[C@@H]2c2ccc(Cl)cc2)cc1C. The summed E-state index contributed by atoms with van der Waals surface area (Å²) in [6.45, 7) is 5.79.